The molecule has 4 nitrogen and oxygen atoms in total. The first-order valence-corrected chi connectivity index (χ1v) is 9.58. The summed E-state index contributed by atoms with van der Waals surface area (Å²) >= 11 is 0. The lowest BCUT2D eigenvalue weighted by Gasteiger charge is -2.18. The minimum Gasteiger partial charge on any atom is -0.341 e. The molecular weight excluding hydrogens is 365 g/mol. The van der Waals surface area contributed by atoms with Gasteiger partial charge in [-0.1, -0.05) is 54.6 Å². The van der Waals surface area contributed by atoms with Crippen LogP contribution in [0.25, 0.3) is 16.5 Å². The number of likely N-dealkylation sites (N-methyl/N-ethyl adjacent to an activating group) is 1. The molecular formula is C24H22FN3O. The first-order valence-electron chi connectivity index (χ1n) is 9.58. The summed E-state index contributed by atoms with van der Waals surface area (Å²) in [6.07, 6.45) is 2.27. The number of hydrogen-bond donors (Lipinski definition) is 0. The average Bonchev–Trinajstić information content (AvgIpc) is 3.12. The third kappa shape index (κ3) is 3.63. The molecule has 1 aromatic heterocycles. The molecule has 0 N–H and O–H groups in total. The zero-order chi connectivity index (χ0) is 20.4. The molecule has 5 heteroatoms. The average molecular weight is 387 g/mol. The summed E-state index contributed by atoms with van der Waals surface area (Å²) in [6.45, 7) is 2.36. The highest BCUT2D eigenvalue weighted by molar-refractivity contribution is 5.95. The number of hydrogen-bond acceptors (Lipinski definition) is 2. The number of para-hydroxylation sites is 1. The molecule has 0 atom stereocenters. The predicted molar refractivity (Wildman–Crippen MR) is 113 cm³/mol. The van der Waals surface area contributed by atoms with Crippen molar-refractivity contribution in [3.05, 3.63) is 95.6 Å². The van der Waals surface area contributed by atoms with Crippen LogP contribution >= 0.6 is 0 Å². The lowest BCUT2D eigenvalue weighted by atomic mass is 10.0. The van der Waals surface area contributed by atoms with Gasteiger partial charge in [-0.05, 0) is 41.8 Å². The summed E-state index contributed by atoms with van der Waals surface area (Å²) < 4.78 is 15.6. The molecule has 0 unspecified atom stereocenters. The van der Waals surface area contributed by atoms with E-state index in [1.54, 1.807) is 37.1 Å². The van der Waals surface area contributed by atoms with Crippen molar-refractivity contribution < 1.29 is 9.18 Å². The van der Waals surface area contributed by atoms with Gasteiger partial charge in [-0.15, -0.1) is 0 Å². The largest absolute Gasteiger partial charge is 0.341 e. The first-order chi connectivity index (χ1) is 14.1. The molecule has 0 saturated heterocycles. The number of nitrogens with zero attached hydrogens (tertiary/aromatic N) is 3. The maximum Gasteiger partial charge on any atom is 0.257 e. The maximum atomic E-state index is 14.1. The van der Waals surface area contributed by atoms with Crippen LogP contribution in [-0.4, -0.2) is 34.2 Å². The quantitative estimate of drug-likeness (QED) is 0.494. The Kier molecular flexibility index (Phi) is 5.12. The molecule has 146 valence electrons. The Bertz CT molecular complexity index is 1180. The Balaban J connectivity index is 1.52. The van der Waals surface area contributed by atoms with Gasteiger partial charge >= 0.3 is 0 Å². The summed E-state index contributed by atoms with van der Waals surface area (Å²) in [5.74, 6) is -0.493. The molecule has 0 radical (unpaired) electrons. The fourth-order valence-electron chi connectivity index (χ4n) is 3.59. The summed E-state index contributed by atoms with van der Waals surface area (Å²) in [6, 6.07) is 20.9. The molecule has 0 bridgehead atoms. The Labute approximate surface area is 169 Å². The van der Waals surface area contributed by atoms with Crippen molar-refractivity contribution in [1.29, 1.82) is 0 Å². The van der Waals surface area contributed by atoms with E-state index < -0.39 is 0 Å². The number of aromatic nitrogens is 2. The molecule has 1 heterocycles. The van der Waals surface area contributed by atoms with E-state index in [9.17, 15) is 9.18 Å². The number of halogens is 1. The second-order valence-electron chi connectivity index (χ2n) is 7.12. The van der Waals surface area contributed by atoms with Crippen molar-refractivity contribution in [2.45, 2.75) is 13.3 Å². The highest BCUT2D eigenvalue weighted by atomic mass is 19.1. The van der Waals surface area contributed by atoms with Crippen LogP contribution in [0.2, 0.25) is 0 Å². The molecule has 4 rings (SSSR count). The Morgan fingerprint density at radius 2 is 1.76 bits per heavy atom. The Hall–Kier alpha value is -3.47. The van der Waals surface area contributed by atoms with E-state index in [2.05, 4.69) is 29.4 Å². The van der Waals surface area contributed by atoms with Gasteiger partial charge in [0, 0.05) is 13.6 Å². The highest BCUT2D eigenvalue weighted by Gasteiger charge is 2.19. The number of carbonyl (C=O) groups excluding carboxylic acids is 1. The van der Waals surface area contributed by atoms with Gasteiger partial charge in [-0.3, -0.25) is 4.79 Å². The van der Waals surface area contributed by atoms with Crippen LogP contribution < -0.4 is 0 Å². The lowest BCUT2D eigenvalue weighted by Crippen LogP contribution is -2.29. The fourth-order valence-corrected chi connectivity index (χ4v) is 3.59. The molecule has 0 fully saturated rings. The van der Waals surface area contributed by atoms with E-state index in [0.29, 0.717) is 23.5 Å². The molecule has 29 heavy (non-hydrogen) atoms. The van der Waals surface area contributed by atoms with Gasteiger partial charge in [0.25, 0.3) is 5.91 Å². The van der Waals surface area contributed by atoms with Gasteiger partial charge < -0.3 is 4.90 Å². The minimum atomic E-state index is -0.373. The van der Waals surface area contributed by atoms with Gasteiger partial charge in [-0.25, -0.2) is 9.07 Å². The molecule has 0 aliphatic carbocycles. The second-order valence-corrected chi connectivity index (χ2v) is 7.12. The zero-order valence-corrected chi connectivity index (χ0v) is 16.5. The van der Waals surface area contributed by atoms with E-state index in [1.165, 1.54) is 33.3 Å². The van der Waals surface area contributed by atoms with Crippen molar-refractivity contribution in [1.82, 2.24) is 14.7 Å². The van der Waals surface area contributed by atoms with Crippen LogP contribution in [0.15, 0.2) is 72.9 Å². The van der Waals surface area contributed by atoms with Gasteiger partial charge in [0.1, 0.15) is 11.5 Å². The number of fused-ring (bicyclic) bond motifs is 1. The van der Waals surface area contributed by atoms with E-state index >= 15 is 0 Å². The Morgan fingerprint density at radius 3 is 2.59 bits per heavy atom. The lowest BCUT2D eigenvalue weighted by molar-refractivity contribution is 0.0796. The third-order valence-corrected chi connectivity index (χ3v) is 5.26. The smallest absolute Gasteiger partial charge is 0.257 e. The maximum absolute atomic E-state index is 14.1. The van der Waals surface area contributed by atoms with E-state index in [-0.39, 0.29) is 11.7 Å². The standard InChI is InChI=1S/C24H22FN3O/c1-17-21(16-26-28(17)23-13-6-5-12-22(23)25)24(29)27(2)15-14-19-10-7-9-18-8-3-4-11-20(18)19/h3-13,16H,14-15H2,1-2H3. The molecule has 0 aliphatic rings. The molecule has 0 aliphatic heterocycles. The number of amides is 1. The van der Waals surface area contributed by atoms with Gasteiger partial charge in [0.15, 0.2) is 0 Å². The van der Waals surface area contributed by atoms with Crippen LogP contribution in [0.1, 0.15) is 21.6 Å². The van der Waals surface area contributed by atoms with Crippen LogP contribution in [0.5, 0.6) is 0 Å². The monoisotopic (exact) mass is 387 g/mol. The minimum absolute atomic E-state index is 0.120. The van der Waals surface area contributed by atoms with Gasteiger partial charge in [-0.2, -0.15) is 5.10 Å². The molecule has 3 aromatic carbocycles. The summed E-state index contributed by atoms with van der Waals surface area (Å²) in [5.41, 5.74) is 2.65. The molecule has 1 amide bonds. The van der Waals surface area contributed by atoms with Crippen molar-refractivity contribution >= 4 is 16.7 Å². The van der Waals surface area contributed by atoms with Crippen LogP contribution in [0.4, 0.5) is 4.39 Å². The zero-order valence-electron chi connectivity index (χ0n) is 16.5. The van der Waals surface area contributed by atoms with E-state index in [1.807, 2.05) is 18.2 Å². The third-order valence-electron chi connectivity index (χ3n) is 5.26. The van der Waals surface area contributed by atoms with Crippen molar-refractivity contribution in [3.8, 4) is 5.69 Å². The van der Waals surface area contributed by atoms with Gasteiger partial charge in [0.05, 0.1) is 17.5 Å². The summed E-state index contributed by atoms with van der Waals surface area (Å²) in [4.78, 5) is 14.7. The molecule has 4 aromatic rings. The van der Waals surface area contributed by atoms with Crippen LogP contribution in [0, 0.1) is 12.7 Å². The second kappa shape index (κ2) is 7.87. The summed E-state index contributed by atoms with van der Waals surface area (Å²) in [5, 5.41) is 6.64. The number of benzene rings is 3. The van der Waals surface area contributed by atoms with Crippen LogP contribution in [0.3, 0.4) is 0 Å². The highest BCUT2D eigenvalue weighted by Crippen LogP contribution is 2.20. The van der Waals surface area contributed by atoms with E-state index in [4.69, 9.17) is 0 Å². The number of rotatable bonds is 5. The fraction of sp³-hybridized carbons (Fsp3) is 0.167. The molecule has 0 saturated carbocycles. The van der Waals surface area contributed by atoms with Crippen molar-refractivity contribution in [2.24, 2.45) is 0 Å². The van der Waals surface area contributed by atoms with E-state index in [0.717, 1.165) is 6.42 Å². The molecule has 0 spiro atoms. The first kappa shape index (κ1) is 18.9. The topological polar surface area (TPSA) is 38.1 Å². The normalized spacial score (nSPS) is 11.0. The van der Waals surface area contributed by atoms with Crippen molar-refractivity contribution in [3.63, 3.8) is 0 Å². The Morgan fingerprint density at radius 1 is 1.03 bits per heavy atom. The van der Waals surface area contributed by atoms with Crippen molar-refractivity contribution in [2.75, 3.05) is 13.6 Å². The van der Waals surface area contributed by atoms with Crippen LogP contribution in [-0.2, 0) is 6.42 Å². The predicted octanol–water partition coefficient (Wildman–Crippen LogP) is 4.79. The summed E-state index contributed by atoms with van der Waals surface area (Å²) in [7, 11) is 1.79. The number of carbonyl (C=O) groups is 1. The van der Waals surface area contributed by atoms with Gasteiger partial charge in [0.2, 0.25) is 0 Å². The SMILES string of the molecule is Cc1c(C(=O)N(C)CCc2cccc3ccccc23)cnn1-c1ccccc1F.